The predicted molar refractivity (Wildman–Crippen MR) is 122 cm³/mol. The number of carbonyl (C=O) groups excluding carboxylic acids is 1. The molecular weight excluding hydrogens is 469 g/mol. The maximum absolute atomic E-state index is 13.8. The molecule has 2 aliphatic rings. The highest BCUT2D eigenvalue weighted by molar-refractivity contribution is 7.93. The molecule has 1 aromatic rings. The minimum absolute atomic E-state index is 0.0305. The standard InChI is InChI=1S/C23H32FNO8S/c1-3-5-6-15-11-16(24)7-8-18(15)25-34(29,30)21-9-10-23(12-17(21)22(28)31-4-2)32-19(13-26)20(14-27)33-23/h7-8,11-12,19-21,25-27H,3-6,9-10,13-14H2,1-2H3. The Morgan fingerprint density at radius 1 is 1.24 bits per heavy atom. The Hall–Kier alpha value is -2.05. The third-order valence-corrected chi connectivity index (χ3v) is 7.70. The van der Waals surface area contributed by atoms with Gasteiger partial charge in [-0.05, 0) is 56.0 Å². The zero-order valence-electron chi connectivity index (χ0n) is 19.3. The number of carbonyl (C=O) groups is 1. The number of hydrogen-bond donors (Lipinski definition) is 3. The van der Waals surface area contributed by atoms with E-state index in [1.807, 2.05) is 6.92 Å². The molecule has 3 unspecified atom stereocenters. The van der Waals surface area contributed by atoms with Gasteiger partial charge in [0.2, 0.25) is 10.0 Å². The number of unbranched alkanes of at least 4 members (excludes halogenated alkanes) is 1. The van der Waals surface area contributed by atoms with Crippen molar-refractivity contribution in [3.05, 3.63) is 41.2 Å². The van der Waals surface area contributed by atoms with E-state index >= 15 is 0 Å². The molecule has 1 fully saturated rings. The lowest BCUT2D eigenvalue weighted by Crippen LogP contribution is -2.43. The number of ether oxygens (including phenoxy) is 3. The third-order valence-electron chi connectivity index (χ3n) is 5.96. The fraction of sp³-hybridized carbons (Fsp3) is 0.609. The molecule has 3 atom stereocenters. The minimum Gasteiger partial charge on any atom is -0.463 e. The van der Waals surface area contributed by atoms with Crippen LogP contribution >= 0.6 is 0 Å². The molecule has 1 saturated heterocycles. The summed E-state index contributed by atoms with van der Waals surface area (Å²) < 4.78 is 59.8. The molecule has 0 bridgehead atoms. The first-order valence-corrected chi connectivity index (χ1v) is 13.0. The van der Waals surface area contributed by atoms with Crippen LogP contribution in [0.15, 0.2) is 29.8 Å². The van der Waals surface area contributed by atoms with Gasteiger partial charge in [-0.2, -0.15) is 0 Å². The fourth-order valence-electron chi connectivity index (χ4n) is 4.26. The molecule has 1 spiro atoms. The van der Waals surface area contributed by atoms with Gasteiger partial charge in [0.25, 0.3) is 0 Å². The van der Waals surface area contributed by atoms with E-state index in [0.717, 1.165) is 12.8 Å². The minimum atomic E-state index is -4.15. The summed E-state index contributed by atoms with van der Waals surface area (Å²) >= 11 is 0. The Balaban J connectivity index is 1.94. The second-order valence-corrected chi connectivity index (χ2v) is 10.3. The quantitative estimate of drug-likeness (QED) is 0.415. The lowest BCUT2D eigenvalue weighted by Gasteiger charge is -2.33. The first-order valence-electron chi connectivity index (χ1n) is 11.5. The van der Waals surface area contributed by atoms with Gasteiger partial charge in [0.05, 0.1) is 31.1 Å². The molecule has 0 radical (unpaired) electrons. The topological polar surface area (TPSA) is 131 Å². The number of aliphatic hydroxyl groups is 2. The lowest BCUT2D eigenvalue weighted by molar-refractivity contribution is -0.154. The maximum Gasteiger partial charge on any atom is 0.335 e. The van der Waals surface area contributed by atoms with Crippen LogP contribution in [0.1, 0.15) is 45.1 Å². The monoisotopic (exact) mass is 501 g/mol. The summed E-state index contributed by atoms with van der Waals surface area (Å²) in [5.41, 5.74) is 0.624. The van der Waals surface area contributed by atoms with E-state index in [1.54, 1.807) is 6.92 Å². The molecular formula is C23H32FNO8S. The molecule has 9 nitrogen and oxygen atoms in total. The second kappa shape index (κ2) is 11.1. The van der Waals surface area contributed by atoms with Crippen LogP contribution in [0, 0.1) is 5.82 Å². The van der Waals surface area contributed by atoms with Crippen LogP contribution in [0.5, 0.6) is 0 Å². The Morgan fingerprint density at radius 2 is 1.91 bits per heavy atom. The number of benzene rings is 1. The lowest BCUT2D eigenvalue weighted by atomic mass is 9.94. The van der Waals surface area contributed by atoms with Crippen LogP contribution in [0.25, 0.3) is 0 Å². The van der Waals surface area contributed by atoms with E-state index in [4.69, 9.17) is 14.2 Å². The molecule has 190 valence electrons. The van der Waals surface area contributed by atoms with Crippen molar-refractivity contribution in [2.24, 2.45) is 0 Å². The average Bonchev–Trinajstić information content (AvgIpc) is 3.16. The normalized spacial score (nSPS) is 27.0. The van der Waals surface area contributed by atoms with Crippen molar-refractivity contribution in [2.75, 3.05) is 24.5 Å². The molecule has 1 aliphatic carbocycles. The van der Waals surface area contributed by atoms with E-state index < -0.39 is 58.3 Å². The van der Waals surface area contributed by atoms with E-state index in [1.165, 1.54) is 24.3 Å². The Bertz CT molecular complexity index is 1000. The van der Waals surface area contributed by atoms with Crippen LogP contribution < -0.4 is 4.72 Å². The summed E-state index contributed by atoms with van der Waals surface area (Å²) in [6.45, 7) is 2.79. The number of esters is 1. The number of hydrogen-bond acceptors (Lipinski definition) is 8. The van der Waals surface area contributed by atoms with Crippen molar-refractivity contribution in [3.63, 3.8) is 0 Å². The zero-order chi connectivity index (χ0) is 24.9. The van der Waals surface area contributed by atoms with Crippen molar-refractivity contribution >= 4 is 21.7 Å². The fourth-order valence-corrected chi connectivity index (χ4v) is 5.84. The molecule has 1 aromatic carbocycles. The maximum atomic E-state index is 13.8. The molecule has 3 N–H and O–H groups in total. The van der Waals surface area contributed by atoms with Crippen molar-refractivity contribution < 1.29 is 42.0 Å². The Morgan fingerprint density at radius 3 is 2.50 bits per heavy atom. The number of anilines is 1. The second-order valence-electron chi connectivity index (χ2n) is 8.39. The number of rotatable bonds is 10. The number of aryl methyl sites for hydroxylation is 1. The first-order chi connectivity index (χ1) is 16.2. The smallest absolute Gasteiger partial charge is 0.335 e. The van der Waals surface area contributed by atoms with Gasteiger partial charge in [-0.25, -0.2) is 17.6 Å². The molecule has 0 amide bonds. The zero-order valence-corrected chi connectivity index (χ0v) is 20.1. The van der Waals surface area contributed by atoms with E-state index in [-0.39, 0.29) is 30.7 Å². The molecule has 1 aliphatic heterocycles. The van der Waals surface area contributed by atoms with Gasteiger partial charge in [-0.3, -0.25) is 4.72 Å². The molecule has 11 heteroatoms. The summed E-state index contributed by atoms with van der Waals surface area (Å²) in [5.74, 6) is -2.76. The van der Waals surface area contributed by atoms with Crippen LogP contribution in [-0.2, 0) is 35.4 Å². The van der Waals surface area contributed by atoms with Crippen molar-refractivity contribution in [1.29, 1.82) is 0 Å². The van der Waals surface area contributed by atoms with Crippen LogP contribution in [-0.4, -0.2) is 67.7 Å². The number of aliphatic hydroxyl groups excluding tert-OH is 2. The van der Waals surface area contributed by atoms with Gasteiger partial charge in [0.1, 0.15) is 23.3 Å². The highest BCUT2D eigenvalue weighted by atomic mass is 32.2. The Labute approximate surface area is 199 Å². The summed E-state index contributed by atoms with van der Waals surface area (Å²) in [6.07, 6.45) is 1.76. The van der Waals surface area contributed by atoms with Crippen molar-refractivity contribution in [1.82, 2.24) is 0 Å². The van der Waals surface area contributed by atoms with Gasteiger partial charge in [0.15, 0.2) is 5.79 Å². The highest BCUT2D eigenvalue weighted by Gasteiger charge is 2.51. The number of nitrogens with one attached hydrogen (secondary N) is 1. The van der Waals surface area contributed by atoms with E-state index in [0.29, 0.717) is 12.0 Å². The summed E-state index contributed by atoms with van der Waals surface area (Å²) in [5, 5.41) is 17.8. The summed E-state index contributed by atoms with van der Waals surface area (Å²) in [4.78, 5) is 12.8. The van der Waals surface area contributed by atoms with Crippen LogP contribution in [0.4, 0.5) is 10.1 Å². The largest absolute Gasteiger partial charge is 0.463 e. The van der Waals surface area contributed by atoms with Crippen molar-refractivity contribution in [3.8, 4) is 0 Å². The van der Waals surface area contributed by atoms with Gasteiger partial charge in [0, 0.05) is 6.42 Å². The SMILES string of the molecule is CCCCc1cc(F)ccc1NS(=O)(=O)C1CCC2(C=C1C(=O)OCC)OC(CO)C(CO)O2. The van der Waals surface area contributed by atoms with Gasteiger partial charge in [-0.15, -0.1) is 0 Å². The predicted octanol–water partition coefficient (Wildman–Crippen LogP) is 2.03. The van der Waals surface area contributed by atoms with Gasteiger partial charge in [-0.1, -0.05) is 13.3 Å². The molecule has 0 saturated carbocycles. The molecule has 1 heterocycles. The highest BCUT2D eigenvalue weighted by Crippen LogP contribution is 2.41. The molecule has 34 heavy (non-hydrogen) atoms. The first kappa shape index (κ1) is 26.6. The Kier molecular flexibility index (Phi) is 8.69. The van der Waals surface area contributed by atoms with E-state index in [2.05, 4.69) is 4.72 Å². The van der Waals surface area contributed by atoms with Crippen LogP contribution in [0.3, 0.4) is 0 Å². The summed E-state index contributed by atoms with van der Waals surface area (Å²) in [7, 11) is -4.15. The third kappa shape index (κ3) is 5.77. The number of halogens is 1. The van der Waals surface area contributed by atoms with Crippen molar-refractivity contribution in [2.45, 2.75) is 69.2 Å². The van der Waals surface area contributed by atoms with Gasteiger partial charge < -0.3 is 24.4 Å². The molecule has 0 aromatic heterocycles. The molecule has 3 rings (SSSR count). The number of sulfonamides is 1. The summed E-state index contributed by atoms with van der Waals surface area (Å²) in [6, 6.07) is 3.85. The average molecular weight is 502 g/mol. The van der Waals surface area contributed by atoms with Gasteiger partial charge >= 0.3 is 5.97 Å². The van der Waals surface area contributed by atoms with Crippen LogP contribution in [0.2, 0.25) is 0 Å². The van der Waals surface area contributed by atoms with E-state index in [9.17, 15) is 27.8 Å².